The molecule has 0 aliphatic rings. The van der Waals surface area contributed by atoms with Crippen LogP contribution in [-0.2, 0) is 16.0 Å². The van der Waals surface area contributed by atoms with Crippen molar-refractivity contribution >= 4 is 11.9 Å². The number of benzene rings is 2. The van der Waals surface area contributed by atoms with Crippen molar-refractivity contribution in [2.75, 3.05) is 6.61 Å². The molecule has 5 heteroatoms. The lowest BCUT2D eigenvalue weighted by Crippen LogP contribution is -2.31. The van der Waals surface area contributed by atoms with E-state index in [1.54, 1.807) is 31.2 Å². The maximum Gasteiger partial charge on any atom is 0.338 e. The number of aryl methyl sites for hydroxylation is 1. The Hall–Kier alpha value is -2.69. The third-order valence-electron chi connectivity index (χ3n) is 3.68. The van der Waals surface area contributed by atoms with Gasteiger partial charge in [0.2, 0.25) is 0 Å². The van der Waals surface area contributed by atoms with Crippen molar-refractivity contribution in [1.82, 2.24) is 5.32 Å². The van der Waals surface area contributed by atoms with Crippen LogP contribution in [0.4, 0.5) is 4.39 Å². The van der Waals surface area contributed by atoms with Crippen LogP contribution >= 0.6 is 0 Å². The summed E-state index contributed by atoms with van der Waals surface area (Å²) in [4.78, 5) is 23.8. The van der Waals surface area contributed by atoms with Gasteiger partial charge in [0.05, 0.1) is 11.6 Å². The van der Waals surface area contributed by atoms with Crippen molar-refractivity contribution in [3.63, 3.8) is 0 Å². The molecule has 0 saturated carbocycles. The van der Waals surface area contributed by atoms with Crippen LogP contribution in [0.25, 0.3) is 0 Å². The SMILES string of the molecule is CCc1ccc(C(=O)OCC(=O)NC(C)c2ccc(F)cc2)cc1. The Morgan fingerprint density at radius 3 is 2.29 bits per heavy atom. The molecule has 0 saturated heterocycles. The number of nitrogens with one attached hydrogen (secondary N) is 1. The first-order chi connectivity index (χ1) is 11.5. The van der Waals surface area contributed by atoms with Crippen LogP contribution in [0.5, 0.6) is 0 Å². The third-order valence-corrected chi connectivity index (χ3v) is 3.68. The van der Waals surface area contributed by atoms with Gasteiger partial charge in [-0.05, 0) is 48.7 Å². The van der Waals surface area contributed by atoms with Crippen LogP contribution in [0.1, 0.15) is 41.4 Å². The van der Waals surface area contributed by atoms with Crippen molar-refractivity contribution in [2.45, 2.75) is 26.3 Å². The Morgan fingerprint density at radius 1 is 1.08 bits per heavy atom. The summed E-state index contributed by atoms with van der Waals surface area (Å²) in [6, 6.07) is 12.6. The van der Waals surface area contributed by atoms with Crippen molar-refractivity contribution in [3.8, 4) is 0 Å². The molecule has 0 radical (unpaired) electrons. The molecule has 0 aliphatic heterocycles. The maximum absolute atomic E-state index is 12.9. The van der Waals surface area contributed by atoms with Crippen LogP contribution in [0, 0.1) is 5.82 Å². The van der Waals surface area contributed by atoms with Gasteiger partial charge in [-0.3, -0.25) is 4.79 Å². The Balaban J connectivity index is 1.83. The molecule has 2 rings (SSSR count). The molecular formula is C19H20FNO3. The van der Waals surface area contributed by atoms with E-state index in [1.807, 2.05) is 19.1 Å². The minimum Gasteiger partial charge on any atom is -0.452 e. The number of hydrogen-bond donors (Lipinski definition) is 1. The van der Waals surface area contributed by atoms with Crippen LogP contribution in [0.2, 0.25) is 0 Å². The van der Waals surface area contributed by atoms with Crippen molar-refractivity contribution in [2.24, 2.45) is 0 Å². The zero-order valence-electron chi connectivity index (χ0n) is 13.7. The Bertz CT molecular complexity index is 696. The number of amides is 1. The average Bonchev–Trinajstić information content (AvgIpc) is 2.60. The van der Waals surface area contributed by atoms with Gasteiger partial charge in [-0.2, -0.15) is 0 Å². The summed E-state index contributed by atoms with van der Waals surface area (Å²) in [5.41, 5.74) is 2.30. The lowest BCUT2D eigenvalue weighted by molar-refractivity contribution is -0.124. The molecule has 0 heterocycles. The summed E-state index contributed by atoms with van der Waals surface area (Å²) in [6.07, 6.45) is 0.888. The second kappa shape index (κ2) is 8.24. The first-order valence-corrected chi connectivity index (χ1v) is 7.80. The Morgan fingerprint density at radius 2 is 1.71 bits per heavy atom. The van der Waals surface area contributed by atoms with Crippen molar-refractivity contribution in [3.05, 3.63) is 71.0 Å². The monoisotopic (exact) mass is 329 g/mol. The number of ether oxygens (including phenoxy) is 1. The van der Waals surface area contributed by atoms with Crippen LogP contribution < -0.4 is 5.32 Å². The van der Waals surface area contributed by atoms with Gasteiger partial charge < -0.3 is 10.1 Å². The predicted octanol–water partition coefficient (Wildman–Crippen LogP) is 3.42. The lowest BCUT2D eigenvalue weighted by atomic mass is 10.1. The number of carbonyl (C=O) groups is 2. The van der Waals surface area contributed by atoms with Gasteiger partial charge in [-0.25, -0.2) is 9.18 Å². The van der Waals surface area contributed by atoms with Crippen LogP contribution in [0.15, 0.2) is 48.5 Å². The molecule has 2 aromatic carbocycles. The molecule has 0 spiro atoms. The quantitative estimate of drug-likeness (QED) is 0.826. The van der Waals surface area contributed by atoms with Gasteiger partial charge in [-0.1, -0.05) is 31.2 Å². The number of halogens is 1. The summed E-state index contributed by atoms with van der Waals surface area (Å²) in [5.74, 6) is -1.28. The summed E-state index contributed by atoms with van der Waals surface area (Å²) in [6.45, 7) is 3.44. The van der Waals surface area contributed by atoms with E-state index in [2.05, 4.69) is 5.32 Å². The Labute approximate surface area is 140 Å². The van der Waals surface area contributed by atoms with E-state index < -0.39 is 11.9 Å². The highest BCUT2D eigenvalue weighted by Gasteiger charge is 2.13. The van der Waals surface area contributed by atoms with Gasteiger partial charge in [0.15, 0.2) is 6.61 Å². The van der Waals surface area contributed by atoms with E-state index in [1.165, 1.54) is 12.1 Å². The minimum atomic E-state index is -0.540. The first kappa shape index (κ1) is 17.7. The molecule has 126 valence electrons. The number of rotatable bonds is 6. The van der Waals surface area contributed by atoms with Gasteiger partial charge in [0, 0.05) is 0 Å². The molecular weight excluding hydrogens is 309 g/mol. The standard InChI is InChI=1S/C19H20FNO3/c1-3-14-4-6-16(7-5-14)19(23)24-12-18(22)21-13(2)15-8-10-17(20)11-9-15/h4-11,13H,3,12H2,1-2H3,(H,21,22). The molecule has 1 amide bonds. The molecule has 0 fully saturated rings. The highest BCUT2D eigenvalue weighted by molar-refractivity contribution is 5.91. The molecule has 24 heavy (non-hydrogen) atoms. The largest absolute Gasteiger partial charge is 0.452 e. The zero-order chi connectivity index (χ0) is 17.5. The highest BCUT2D eigenvalue weighted by atomic mass is 19.1. The molecule has 0 aromatic heterocycles. The third kappa shape index (κ3) is 4.91. The molecule has 1 atom stereocenters. The second-order valence-electron chi connectivity index (χ2n) is 5.47. The summed E-state index contributed by atoms with van der Waals surface area (Å²) in [5, 5.41) is 2.70. The molecule has 1 N–H and O–H groups in total. The van der Waals surface area contributed by atoms with E-state index in [0.717, 1.165) is 17.5 Å². The predicted molar refractivity (Wildman–Crippen MR) is 89.1 cm³/mol. The topological polar surface area (TPSA) is 55.4 Å². The van der Waals surface area contributed by atoms with E-state index >= 15 is 0 Å². The molecule has 0 aliphatic carbocycles. The molecule has 1 unspecified atom stereocenters. The van der Waals surface area contributed by atoms with E-state index in [4.69, 9.17) is 4.74 Å². The normalized spacial score (nSPS) is 11.6. The smallest absolute Gasteiger partial charge is 0.338 e. The fourth-order valence-electron chi connectivity index (χ4n) is 2.21. The number of carbonyl (C=O) groups excluding carboxylic acids is 2. The molecule has 0 bridgehead atoms. The number of hydrogen-bond acceptors (Lipinski definition) is 3. The van der Waals surface area contributed by atoms with E-state index in [0.29, 0.717) is 5.56 Å². The Kier molecular flexibility index (Phi) is 6.07. The van der Waals surface area contributed by atoms with Crippen molar-refractivity contribution in [1.29, 1.82) is 0 Å². The van der Waals surface area contributed by atoms with Gasteiger partial charge in [0.25, 0.3) is 5.91 Å². The van der Waals surface area contributed by atoms with Crippen LogP contribution in [0.3, 0.4) is 0 Å². The fraction of sp³-hybridized carbons (Fsp3) is 0.263. The van der Waals surface area contributed by atoms with Gasteiger partial charge in [0.1, 0.15) is 5.82 Å². The molecule has 4 nitrogen and oxygen atoms in total. The van der Waals surface area contributed by atoms with Crippen LogP contribution in [-0.4, -0.2) is 18.5 Å². The summed E-state index contributed by atoms with van der Waals surface area (Å²) in [7, 11) is 0. The fourth-order valence-corrected chi connectivity index (χ4v) is 2.21. The highest BCUT2D eigenvalue weighted by Crippen LogP contribution is 2.12. The maximum atomic E-state index is 12.9. The van der Waals surface area contributed by atoms with Crippen molar-refractivity contribution < 1.29 is 18.7 Å². The molecule has 2 aromatic rings. The van der Waals surface area contributed by atoms with Gasteiger partial charge >= 0.3 is 5.97 Å². The number of esters is 1. The van der Waals surface area contributed by atoms with E-state index in [-0.39, 0.29) is 18.5 Å². The average molecular weight is 329 g/mol. The minimum absolute atomic E-state index is 0.305. The summed E-state index contributed by atoms with van der Waals surface area (Å²) >= 11 is 0. The van der Waals surface area contributed by atoms with E-state index in [9.17, 15) is 14.0 Å². The van der Waals surface area contributed by atoms with Gasteiger partial charge in [-0.15, -0.1) is 0 Å². The second-order valence-corrected chi connectivity index (χ2v) is 5.47. The summed E-state index contributed by atoms with van der Waals surface area (Å²) < 4.78 is 17.9. The lowest BCUT2D eigenvalue weighted by Gasteiger charge is -2.14. The zero-order valence-corrected chi connectivity index (χ0v) is 13.7. The first-order valence-electron chi connectivity index (χ1n) is 7.80.